The van der Waals surface area contributed by atoms with Gasteiger partial charge in [0, 0.05) is 19.3 Å². The van der Waals surface area contributed by atoms with Crippen LogP contribution in [0.2, 0.25) is 0 Å². The van der Waals surface area contributed by atoms with Gasteiger partial charge in [-0.05, 0) is 26.3 Å². The van der Waals surface area contributed by atoms with Gasteiger partial charge in [-0.2, -0.15) is 5.10 Å². The van der Waals surface area contributed by atoms with Gasteiger partial charge in [0.25, 0.3) is 0 Å². The topological polar surface area (TPSA) is 47.3 Å². The van der Waals surface area contributed by atoms with E-state index in [1.54, 1.807) is 10.9 Å². The second-order valence-corrected chi connectivity index (χ2v) is 3.42. The molecule has 0 radical (unpaired) electrons. The summed E-state index contributed by atoms with van der Waals surface area (Å²) in [5, 5.41) is 14.3. The Morgan fingerprint density at radius 2 is 2.20 bits per heavy atom. The zero-order valence-corrected chi connectivity index (χ0v) is 9.68. The van der Waals surface area contributed by atoms with E-state index in [1.807, 2.05) is 26.8 Å². The lowest BCUT2D eigenvalue weighted by atomic mass is 10.1. The van der Waals surface area contributed by atoms with Crippen LogP contribution in [0.1, 0.15) is 39.0 Å². The maximum atomic E-state index is 10.1. The van der Waals surface area contributed by atoms with Crippen molar-refractivity contribution in [2.45, 2.75) is 45.9 Å². The first-order valence-electron chi connectivity index (χ1n) is 5.55. The zero-order valence-electron chi connectivity index (χ0n) is 9.68. The van der Waals surface area contributed by atoms with Gasteiger partial charge in [0.1, 0.15) is 6.10 Å². The predicted octanol–water partition coefficient (Wildman–Crippen LogP) is 1.75. The number of aromatic nitrogens is 2. The lowest BCUT2D eigenvalue weighted by Gasteiger charge is -2.22. The predicted molar refractivity (Wildman–Crippen MR) is 58.6 cm³/mol. The molecule has 0 amide bonds. The number of aryl methyl sites for hydroxylation is 1. The van der Waals surface area contributed by atoms with E-state index in [2.05, 4.69) is 5.10 Å². The van der Waals surface area contributed by atoms with E-state index >= 15 is 0 Å². The number of rotatable bonds is 6. The first-order valence-corrected chi connectivity index (χ1v) is 5.55. The first-order chi connectivity index (χ1) is 7.24. The third-order valence-corrected chi connectivity index (χ3v) is 2.49. The van der Waals surface area contributed by atoms with Gasteiger partial charge in [-0.25, -0.2) is 0 Å². The van der Waals surface area contributed by atoms with Crippen molar-refractivity contribution in [1.29, 1.82) is 0 Å². The standard InChI is InChI=1S/C11H20N2O2/c1-4-10(15-6-3)11(14)9-7-8-12-13(9)5-2/h7-8,10-11,14H,4-6H2,1-3H3. The summed E-state index contributed by atoms with van der Waals surface area (Å²) in [6.45, 7) is 7.34. The van der Waals surface area contributed by atoms with Crippen LogP contribution < -0.4 is 0 Å². The quantitative estimate of drug-likeness (QED) is 0.781. The van der Waals surface area contributed by atoms with Crippen LogP contribution in [0, 0.1) is 0 Å². The second kappa shape index (κ2) is 5.88. The summed E-state index contributed by atoms with van der Waals surface area (Å²) in [4.78, 5) is 0. The van der Waals surface area contributed by atoms with Crippen LogP contribution in [0.3, 0.4) is 0 Å². The fourth-order valence-electron chi connectivity index (χ4n) is 1.70. The molecule has 2 unspecified atom stereocenters. The van der Waals surface area contributed by atoms with E-state index in [1.165, 1.54) is 0 Å². The molecule has 15 heavy (non-hydrogen) atoms. The van der Waals surface area contributed by atoms with Gasteiger partial charge in [-0.1, -0.05) is 6.92 Å². The SMILES string of the molecule is CCOC(CC)C(O)c1ccnn1CC. The highest BCUT2D eigenvalue weighted by molar-refractivity contribution is 5.06. The molecule has 0 aliphatic heterocycles. The number of hydrogen-bond acceptors (Lipinski definition) is 3. The third kappa shape index (κ3) is 2.79. The van der Waals surface area contributed by atoms with Gasteiger partial charge in [0.05, 0.1) is 11.8 Å². The molecule has 0 spiro atoms. The average molecular weight is 212 g/mol. The van der Waals surface area contributed by atoms with Crippen molar-refractivity contribution in [3.63, 3.8) is 0 Å². The van der Waals surface area contributed by atoms with Crippen molar-refractivity contribution < 1.29 is 9.84 Å². The van der Waals surface area contributed by atoms with Crippen LogP contribution in [0.25, 0.3) is 0 Å². The Morgan fingerprint density at radius 1 is 1.47 bits per heavy atom. The van der Waals surface area contributed by atoms with Crippen molar-refractivity contribution >= 4 is 0 Å². The normalized spacial score (nSPS) is 15.2. The lowest BCUT2D eigenvalue weighted by Crippen LogP contribution is -2.24. The molecule has 1 heterocycles. The van der Waals surface area contributed by atoms with Crippen molar-refractivity contribution in [1.82, 2.24) is 9.78 Å². The maximum absolute atomic E-state index is 10.1. The first kappa shape index (κ1) is 12.2. The van der Waals surface area contributed by atoms with Crippen molar-refractivity contribution in [3.8, 4) is 0 Å². The smallest absolute Gasteiger partial charge is 0.122 e. The van der Waals surface area contributed by atoms with Crippen LogP contribution in [0.15, 0.2) is 12.3 Å². The van der Waals surface area contributed by atoms with E-state index in [0.29, 0.717) is 6.61 Å². The maximum Gasteiger partial charge on any atom is 0.122 e. The fraction of sp³-hybridized carbons (Fsp3) is 0.727. The molecule has 2 atom stereocenters. The summed E-state index contributed by atoms with van der Waals surface area (Å²) in [5.74, 6) is 0. The Labute approximate surface area is 90.9 Å². The molecule has 1 N–H and O–H groups in total. The summed E-state index contributed by atoms with van der Waals surface area (Å²) >= 11 is 0. The van der Waals surface area contributed by atoms with Crippen molar-refractivity contribution in [2.75, 3.05) is 6.61 Å². The monoisotopic (exact) mass is 212 g/mol. The molecule has 86 valence electrons. The number of ether oxygens (including phenoxy) is 1. The Bertz CT molecular complexity index is 286. The Balaban J connectivity index is 2.77. The van der Waals surface area contributed by atoms with Crippen LogP contribution in [-0.4, -0.2) is 27.6 Å². The minimum atomic E-state index is -0.586. The molecule has 0 saturated carbocycles. The molecule has 1 aromatic heterocycles. The van der Waals surface area contributed by atoms with Crippen molar-refractivity contribution in [3.05, 3.63) is 18.0 Å². The Hall–Kier alpha value is -0.870. The summed E-state index contributed by atoms with van der Waals surface area (Å²) < 4.78 is 7.28. The zero-order chi connectivity index (χ0) is 11.3. The number of hydrogen-bond donors (Lipinski definition) is 1. The molecular formula is C11H20N2O2. The highest BCUT2D eigenvalue weighted by atomic mass is 16.5. The van der Waals surface area contributed by atoms with Crippen molar-refractivity contribution in [2.24, 2.45) is 0 Å². The van der Waals surface area contributed by atoms with Gasteiger partial charge in [0.15, 0.2) is 0 Å². The van der Waals surface area contributed by atoms with Gasteiger partial charge >= 0.3 is 0 Å². The highest BCUT2D eigenvalue weighted by Gasteiger charge is 2.22. The number of aliphatic hydroxyl groups is 1. The molecule has 0 saturated heterocycles. The molecule has 4 nitrogen and oxygen atoms in total. The number of nitrogens with zero attached hydrogens (tertiary/aromatic N) is 2. The fourth-order valence-corrected chi connectivity index (χ4v) is 1.70. The van der Waals surface area contributed by atoms with E-state index in [4.69, 9.17) is 4.74 Å². The minimum absolute atomic E-state index is 0.142. The summed E-state index contributed by atoms with van der Waals surface area (Å²) in [6, 6.07) is 1.84. The molecule has 1 aromatic rings. The molecule has 0 aromatic carbocycles. The molecular weight excluding hydrogens is 192 g/mol. The second-order valence-electron chi connectivity index (χ2n) is 3.42. The van der Waals surface area contributed by atoms with Crippen LogP contribution in [0.4, 0.5) is 0 Å². The Kier molecular flexibility index (Phi) is 4.78. The molecule has 0 aliphatic rings. The molecule has 0 fully saturated rings. The van der Waals surface area contributed by atoms with Gasteiger partial charge in [-0.3, -0.25) is 4.68 Å². The Morgan fingerprint density at radius 3 is 2.73 bits per heavy atom. The van der Waals surface area contributed by atoms with Crippen LogP contribution in [-0.2, 0) is 11.3 Å². The minimum Gasteiger partial charge on any atom is -0.384 e. The number of aliphatic hydroxyl groups excluding tert-OH is 1. The third-order valence-electron chi connectivity index (χ3n) is 2.49. The largest absolute Gasteiger partial charge is 0.384 e. The van der Waals surface area contributed by atoms with Gasteiger partial charge in [-0.15, -0.1) is 0 Å². The van der Waals surface area contributed by atoms with E-state index in [9.17, 15) is 5.11 Å². The van der Waals surface area contributed by atoms with Gasteiger partial charge < -0.3 is 9.84 Å². The highest BCUT2D eigenvalue weighted by Crippen LogP contribution is 2.21. The molecule has 0 aliphatic carbocycles. The van der Waals surface area contributed by atoms with E-state index in [-0.39, 0.29) is 6.10 Å². The van der Waals surface area contributed by atoms with E-state index in [0.717, 1.165) is 18.7 Å². The summed E-state index contributed by atoms with van der Waals surface area (Å²) in [6.07, 6.45) is 1.78. The average Bonchev–Trinajstić information content (AvgIpc) is 2.72. The molecule has 1 rings (SSSR count). The van der Waals surface area contributed by atoms with Crippen LogP contribution in [0.5, 0.6) is 0 Å². The van der Waals surface area contributed by atoms with Gasteiger partial charge in [0.2, 0.25) is 0 Å². The lowest BCUT2D eigenvalue weighted by molar-refractivity contribution is -0.0391. The summed E-state index contributed by atoms with van der Waals surface area (Å²) in [7, 11) is 0. The van der Waals surface area contributed by atoms with E-state index < -0.39 is 6.10 Å². The summed E-state index contributed by atoms with van der Waals surface area (Å²) in [5.41, 5.74) is 0.831. The molecule has 0 bridgehead atoms. The van der Waals surface area contributed by atoms with Crippen LogP contribution >= 0.6 is 0 Å². The molecule has 4 heteroatoms.